The molecule has 106 valence electrons. The minimum absolute atomic E-state index is 0.146. The van der Waals surface area contributed by atoms with E-state index in [1.165, 1.54) is 0 Å². The summed E-state index contributed by atoms with van der Waals surface area (Å²) >= 11 is 8.40. The number of para-hydroxylation sites is 1. The minimum atomic E-state index is -0.146. The SMILES string of the molecule is NNC(c1cnc2ccccc2c1)c1cc(Cl)ccc1I. The van der Waals surface area contributed by atoms with Gasteiger partial charge < -0.3 is 0 Å². The average Bonchev–Trinajstić information content (AvgIpc) is 2.51. The van der Waals surface area contributed by atoms with Gasteiger partial charge in [-0.2, -0.15) is 0 Å². The molecule has 0 bridgehead atoms. The Bertz CT molecular complexity index is 791. The number of aromatic nitrogens is 1. The third-order valence-electron chi connectivity index (χ3n) is 3.38. The molecule has 3 aromatic rings. The summed E-state index contributed by atoms with van der Waals surface area (Å²) in [6, 6.07) is 15.8. The van der Waals surface area contributed by atoms with Crippen molar-refractivity contribution >= 4 is 45.1 Å². The van der Waals surface area contributed by atoms with Gasteiger partial charge >= 0.3 is 0 Å². The molecule has 0 aliphatic rings. The van der Waals surface area contributed by atoms with Crippen molar-refractivity contribution in [1.82, 2.24) is 10.4 Å². The molecule has 0 aliphatic carbocycles. The molecule has 0 fully saturated rings. The van der Waals surface area contributed by atoms with E-state index >= 15 is 0 Å². The largest absolute Gasteiger partial charge is 0.271 e. The van der Waals surface area contributed by atoms with E-state index < -0.39 is 0 Å². The van der Waals surface area contributed by atoms with Crippen LogP contribution < -0.4 is 11.3 Å². The second-order valence-corrected chi connectivity index (χ2v) is 6.33. The monoisotopic (exact) mass is 409 g/mol. The molecule has 1 unspecified atom stereocenters. The van der Waals surface area contributed by atoms with E-state index in [0.29, 0.717) is 5.02 Å². The first-order valence-electron chi connectivity index (χ1n) is 6.45. The van der Waals surface area contributed by atoms with E-state index in [4.69, 9.17) is 17.4 Å². The maximum absolute atomic E-state index is 6.11. The number of pyridine rings is 1. The number of nitrogens with one attached hydrogen (secondary N) is 1. The van der Waals surface area contributed by atoms with Crippen LogP contribution in [0.25, 0.3) is 10.9 Å². The van der Waals surface area contributed by atoms with Crippen LogP contribution in [0, 0.1) is 3.57 Å². The standard InChI is InChI=1S/C16H13ClIN3/c17-12-5-6-14(18)13(8-12)16(21-19)11-7-10-3-1-2-4-15(10)20-9-11/h1-9,16,21H,19H2. The normalized spacial score (nSPS) is 12.5. The summed E-state index contributed by atoms with van der Waals surface area (Å²) in [7, 11) is 0. The summed E-state index contributed by atoms with van der Waals surface area (Å²) in [5.74, 6) is 5.78. The fraction of sp³-hybridized carbons (Fsp3) is 0.0625. The molecule has 21 heavy (non-hydrogen) atoms. The van der Waals surface area contributed by atoms with Gasteiger partial charge in [0, 0.05) is 20.2 Å². The van der Waals surface area contributed by atoms with Gasteiger partial charge in [0.05, 0.1) is 11.6 Å². The Morgan fingerprint density at radius 2 is 1.95 bits per heavy atom. The van der Waals surface area contributed by atoms with Gasteiger partial charge in [0.25, 0.3) is 0 Å². The van der Waals surface area contributed by atoms with Crippen LogP contribution in [0.15, 0.2) is 54.7 Å². The number of benzene rings is 2. The van der Waals surface area contributed by atoms with Gasteiger partial charge in [-0.3, -0.25) is 10.8 Å². The van der Waals surface area contributed by atoms with Crippen molar-refractivity contribution in [2.24, 2.45) is 5.84 Å². The first-order chi connectivity index (χ1) is 10.2. The van der Waals surface area contributed by atoms with Gasteiger partial charge in [-0.1, -0.05) is 29.8 Å². The zero-order chi connectivity index (χ0) is 14.8. The van der Waals surface area contributed by atoms with Crippen molar-refractivity contribution in [1.29, 1.82) is 0 Å². The highest BCUT2D eigenvalue weighted by atomic mass is 127. The summed E-state index contributed by atoms with van der Waals surface area (Å²) in [6.07, 6.45) is 1.85. The highest BCUT2D eigenvalue weighted by Gasteiger charge is 2.16. The van der Waals surface area contributed by atoms with Crippen molar-refractivity contribution < 1.29 is 0 Å². The maximum Gasteiger partial charge on any atom is 0.0735 e. The molecule has 0 spiro atoms. The van der Waals surface area contributed by atoms with E-state index in [9.17, 15) is 0 Å². The molecule has 3 N–H and O–H groups in total. The molecule has 0 saturated heterocycles. The van der Waals surface area contributed by atoms with Crippen molar-refractivity contribution in [2.45, 2.75) is 6.04 Å². The van der Waals surface area contributed by atoms with E-state index in [-0.39, 0.29) is 6.04 Å². The smallest absolute Gasteiger partial charge is 0.0735 e. The number of nitrogens with two attached hydrogens (primary N) is 1. The van der Waals surface area contributed by atoms with Crippen molar-refractivity contribution in [3.05, 3.63) is 74.4 Å². The van der Waals surface area contributed by atoms with Crippen LogP contribution in [-0.4, -0.2) is 4.98 Å². The number of hydrazine groups is 1. The van der Waals surface area contributed by atoms with E-state index in [1.54, 1.807) is 0 Å². The minimum Gasteiger partial charge on any atom is -0.271 e. The zero-order valence-corrected chi connectivity index (χ0v) is 14.0. The fourth-order valence-corrected chi connectivity index (χ4v) is 3.17. The second kappa shape index (κ2) is 6.27. The summed E-state index contributed by atoms with van der Waals surface area (Å²) in [4.78, 5) is 4.50. The van der Waals surface area contributed by atoms with E-state index in [2.05, 4.69) is 39.1 Å². The molecule has 5 heteroatoms. The van der Waals surface area contributed by atoms with Crippen molar-refractivity contribution in [3.63, 3.8) is 0 Å². The molecule has 1 atom stereocenters. The zero-order valence-electron chi connectivity index (χ0n) is 11.1. The van der Waals surface area contributed by atoms with Gasteiger partial charge in [-0.25, -0.2) is 5.43 Å². The van der Waals surface area contributed by atoms with Crippen LogP contribution in [0.1, 0.15) is 17.2 Å². The van der Waals surface area contributed by atoms with Gasteiger partial charge in [0.15, 0.2) is 0 Å². The molecule has 1 heterocycles. The highest BCUT2D eigenvalue weighted by Crippen LogP contribution is 2.29. The Morgan fingerprint density at radius 1 is 1.14 bits per heavy atom. The number of rotatable bonds is 3. The van der Waals surface area contributed by atoms with Crippen LogP contribution in [0.3, 0.4) is 0 Å². The summed E-state index contributed by atoms with van der Waals surface area (Å²) < 4.78 is 1.10. The van der Waals surface area contributed by atoms with Gasteiger partial charge in [0.2, 0.25) is 0 Å². The predicted molar refractivity (Wildman–Crippen MR) is 95.1 cm³/mol. The molecule has 3 rings (SSSR count). The number of fused-ring (bicyclic) bond motifs is 1. The van der Waals surface area contributed by atoms with Crippen molar-refractivity contribution in [3.8, 4) is 0 Å². The first-order valence-corrected chi connectivity index (χ1v) is 7.90. The van der Waals surface area contributed by atoms with Crippen molar-refractivity contribution in [2.75, 3.05) is 0 Å². The lowest BCUT2D eigenvalue weighted by atomic mass is 9.99. The number of nitrogens with zero attached hydrogens (tertiary/aromatic N) is 1. The molecule has 0 radical (unpaired) electrons. The Morgan fingerprint density at radius 3 is 2.76 bits per heavy atom. The summed E-state index contributed by atoms with van der Waals surface area (Å²) in [5, 5.41) is 1.78. The Labute approximate surface area is 141 Å². The van der Waals surface area contributed by atoms with Crippen LogP contribution in [0.2, 0.25) is 5.02 Å². The molecule has 0 amide bonds. The highest BCUT2D eigenvalue weighted by molar-refractivity contribution is 14.1. The van der Waals surface area contributed by atoms with Crippen LogP contribution >= 0.6 is 34.2 Å². The van der Waals surface area contributed by atoms with Gasteiger partial charge in [-0.15, -0.1) is 0 Å². The molecule has 1 aromatic heterocycles. The van der Waals surface area contributed by atoms with Crippen LogP contribution in [0.5, 0.6) is 0 Å². The fourth-order valence-electron chi connectivity index (χ4n) is 2.35. The summed E-state index contributed by atoms with van der Waals surface area (Å²) in [5.41, 5.74) is 5.89. The molecule has 3 nitrogen and oxygen atoms in total. The second-order valence-electron chi connectivity index (χ2n) is 4.73. The Hall–Kier alpha value is -1.21. The van der Waals surface area contributed by atoms with E-state index in [1.807, 2.05) is 48.7 Å². The third kappa shape index (κ3) is 3.03. The van der Waals surface area contributed by atoms with E-state index in [0.717, 1.165) is 25.6 Å². The molecule has 0 saturated carbocycles. The van der Waals surface area contributed by atoms with Crippen LogP contribution in [-0.2, 0) is 0 Å². The molecule has 0 aliphatic heterocycles. The van der Waals surface area contributed by atoms with Crippen LogP contribution in [0.4, 0.5) is 0 Å². The average molecular weight is 410 g/mol. The van der Waals surface area contributed by atoms with Gasteiger partial charge in [0.1, 0.15) is 0 Å². The molecular weight excluding hydrogens is 397 g/mol. The lowest BCUT2D eigenvalue weighted by molar-refractivity contribution is 0.633. The predicted octanol–water partition coefficient (Wildman–Crippen LogP) is 4.05. The Kier molecular flexibility index (Phi) is 4.40. The summed E-state index contributed by atoms with van der Waals surface area (Å²) in [6.45, 7) is 0. The lowest BCUT2D eigenvalue weighted by Crippen LogP contribution is -2.29. The topological polar surface area (TPSA) is 50.9 Å². The number of halogens is 2. The Balaban J connectivity index is 2.11. The molecule has 2 aromatic carbocycles. The molecular formula is C16H13ClIN3. The maximum atomic E-state index is 6.11. The number of hydrogen-bond donors (Lipinski definition) is 2. The quantitative estimate of drug-likeness (QED) is 0.390. The van der Waals surface area contributed by atoms with Gasteiger partial charge in [-0.05, 0) is 64.0 Å². The number of hydrogen-bond acceptors (Lipinski definition) is 3. The lowest BCUT2D eigenvalue weighted by Gasteiger charge is -2.19. The first kappa shape index (κ1) is 14.7. The third-order valence-corrected chi connectivity index (χ3v) is 4.60.